The average molecular weight is 420 g/mol. The Morgan fingerprint density at radius 3 is 1.41 bits per heavy atom. The molecule has 0 radical (unpaired) electrons. The van der Waals surface area contributed by atoms with Gasteiger partial charge in [-0.05, 0) is 24.7 Å². The maximum absolute atomic E-state index is 9.10. The van der Waals surface area contributed by atoms with Crippen molar-refractivity contribution < 1.29 is 29.3 Å². The molecule has 3 N–H and O–H groups in total. The van der Waals surface area contributed by atoms with Gasteiger partial charge in [0.25, 0.3) is 0 Å². The lowest BCUT2D eigenvalue weighted by atomic mass is 10.0. The first kappa shape index (κ1) is 30.0. The number of hydrogen-bond acceptors (Lipinski definition) is 5. The summed E-state index contributed by atoms with van der Waals surface area (Å²) < 4.78 is 11.6. The first-order valence-electron chi connectivity index (χ1n) is 11.2. The molecule has 0 spiro atoms. The van der Waals surface area contributed by atoms with Gasteiger partial charge in [0.15, 0.2) is 0 Å². The van der Waals surface area contributed by atoms with Crippen LogP contribution in [0.15, 0.2) is 0 Å². The van der Waals surface area contributed by atoms with Crippen LogP contribution in [0.4, 0.5) is 0 Å². The molecule has 0 fully saturated rings. The number of ether oxygens (including phenoxy) is 2. The summed E-state index contributed by atoms with van der Waals surface area (Å²) in [6.07, 6.45) is 10.3. The van der Waals surface area contributed by atoms with Crippen molar-refractivity contribution in [2.24, 2.45) is 11.8 Å². The van der Waals surface area contributed by atoms with Gasteiger partial charge in [-0.15, -0.1) is 0 Å². The van der Waals surface area contributed by atoms with E-state index in [9.17, 15) is 0 Å². The van der Waals surface area contributed by atoms with Gasteiger partial charge in [0.1, 0.15) is 0 Å². The maximum Gasteiger partial charge on any atom is 0.414 e. The number of aliphatic carboxylic acids is 2. The summed E-state index contributed by atoms with van der Waals surface area (Å²) >= 11 is 0. The van der Waals surface area contributed by atoms with Crippen molar-refractivity contribution >= 4 is 11.9 Å². The second kappa shape index (κ2) is 23.1. The van der Waals surface area contributed by atoms with Gasteiger partial charge < -0.3 is 25.0 Å². The van der Waals surface area contributed by atoms with Crippen molar-refractivity contribution in [3.05, 3.63) is 0 Å². The minimum atomic E-state index is -1.82. The maximum atomic E-state index is 9.10. The molecule has 7 heteroatoms. The van der Waals surface area contributed by atoms with E-state index in [1.807, 2.05) is 0 Å². The largest absolute Gasteiger partial charge is 0.473 e. The average Bonchev–Trinajstić information content (AvgIpc) is 2.71. The Morgan fingerprint density at radius 1 is 0.759 bits per heavy atom. The second-order valence-corrected chi connectivity index (χ2v) is 7.34. The Labute approximate surface area is 177 Å². The molecule has 29 heavy (non-hydrogen) atoms. The Balaban J connectivity index is 0. The molecule has 2 unspecified atom stereocenters. The highest BCUT2D eigenvalue weighted by Gasteiger charge is 2.06. The molecule has 0 saturated carbocycles. The van der Waals surface area contributed by atoms with E-state index < -0.39 is 11.9 Å². The van der Waals surface area contributed by atoms with Crippen molar-refractivity contribution in [3.63, 3.8) is 0 Å². The van der Waals surface area contributed by atoms with Gasteiger partial charge in [-0.25, -0.2) is 9.59 Å². The van der Waals surface area contributed by atoms with Crippen LogP contribution >= 0.6 is 0 Å². The first-order chi connectivity index (χ1) is 13.9. The van der Waals surface area contributed by atoms with Gasteiger partial charge in [0, 0.05) is 26.3 Å². The number of carboxylic acids is 2. The Hall–Kier alpha value is -1.18. The van der Waals surface area contributed by atoms with Gasteiger partial charge in [0.05, 0.1) is 13.2 Å². The molecule has 0 amide bonds. The lowest BCUT2D eigenvalue weighted by molar-refractivity contribution is -0.159. The zero-order valence-electron chi connectivity index (χ0n) is 19.1. The number of rotatable bonds is 18. The molecule has 0 aliphatic rings. The summed E-state index contributed by atoms with van der Waals surface area (Å²) in [5.41, 5.74) is 0. The van der Waals surface area contributed by atoms with Crippen molar-refractivity contribution in [2.45, 2.75) is 79.1 Å². The van der Waals surface area contributed by atoms with Gasteiger partial charge in [-0.1, -0.05) is 66.2 Å². The van der Waals surface area contributed by atoms with E-state index in [2.05, 4.69) is 33.0 Å². The molecular formula is C22H45NO6. The molecule has 0 aromatic rings. The molecule has 0 rings (SSSR count). The number of unbranched alkanes of at least 4 members (excludes halogenated alkanes) is 2. The molecule has 0 heterocycles. The van der Waals surface area contributed by atoms with Crippen LogP contribution in [-0.4, -0.2) is 61.7 Å². The Kier molecular flexibility index (Phi) is 23.9. The molecule has 2 atom stereocenters. The molecular weight excluding hydrogens is 374 g/mol. The third kappa shape index (κ3) is 23.0. The summed E-state index contributed by atoms with van der Waals surface area (Å²) in [7, 11) is 0. The highest BCUT2D eigenvalue weighted by molar-refractivity contribution is 6.27. The van der Waals surface area contributed by atoms with Crippen LogP contribution in [0, 0.1) is 11.8 Å². The smallest absolute Gasteiger partial charge is 0.414 e. The molecule has 7 nitrogen and oxygen atoms in total. The van der Waals surface area contributed by atoms with Crippen LogP contribution < -0.4 is 5.32 Å². The fourth-order valence-corrected chi connectivity index (χ4v) is 2.71. The third-order valence-corrected chi connectivity index (χ3v) is 4.82. The number of carboxylic acid groups (broad SMARTS) is 2. The summed E-state index contributed by atoms with van der Waals surface area (Å²) in [4.78, 5) is 18.2. The zero-order chi connectivity index (χ0) is 22.3. The number of carbonyl (C=O) groups is 2. The van der Waals surface area contributed by atoms with Gasteiger partial charge in [-0.3, -0.25) is 0 Å². The normalized spacial score (nSPS) is 12.7. The fourth-order valence-electron chi connectivity index (χ4n) is 2.71. The summed E-state index contributed by atoms with van der Waals surface area (Å²) in [5.74, 6) is -2.16. The van der Waals surface area contributed by atoms with E-state index in [1.54, 1.807) is 0 Å². The standard InChI is InChI=1S/C20H43NO2.C2H2O4/c1-5-9-11-19(7-3)17-22-15-13-21-14-16-23-18-20(8-4)12-10-6-2;3-1(4)2(5)6/h19-21H,5-18H2,1-4H3;(H,3,4)(H,5,6). The predicted octanol–water partition coefficient (Wildman–Crippen LogP) is 4.20. The van der Waals surface area contributed by atoms with Gasteiger partial charge >= 0.3 is 11.9 Å². The van der Waals surface area contributed by atoms with Gasteiger partial charge in [0.2, 0.25) is 0 Å². The Morgan fingerprint density at radius 2 is 1.14 bits per heavy atom. The van der Waals surface area contributed by atoms with Crippen LogP contribution in [0.25, 0.3) is 0 Å². The molecule has 174 valence electrons. The van der Waals surface area contributed by atoms with E-state index in [0.29, 0.717) is 0 Å². The molecule has 0 bridgehead atoms. The Bertz CT molecular complexity index is 344. The minimum absolute atomic E-state index is 0.743. The fraction of sp³-hybridized carbons (Fsp3) is 0.909. The van der Waals surface area contributed by atoms with Crippen molar-refractivity contribution in [2.75, 3.05) is 39.5 Å². The van der Waals surface area contributed by atoms with Crippen molar-refractivity contribution in [1.29, 1.82) is 0 Å². The van der Waals surface area contributed by atoms with Crippen molar-refractivity contribution in [1.82, 2.24) is 5.32 Å². The van der Waals surface area contributed by atoms with Gasteiger partial charge in [-0.2, -0.15) is 0 Å². The van der Waals surface area contributed by atoms with E-state index in [1.165, 1.54) is 51.4 Å². The zero-order valence-corrected chi connectivity index (χ0v) is 19.1. The minimum Gasteiger partial charge on any atom is -0.473 e. The van der Waals surface area contributed by atoms with Crippen LogP contribution in [0.1, 0.15) is 79.1 Å². The van der Waals surface area contributed by atoms with E-state index in [-0.39, 0.29) is 0 Å². The predicted molar refractivity (Wildman–Crippen MR) is 116 cm³/mol. The second-order valence-electron chi connectivity index (χ2n) is 7.34. The topological polar surface area (TPSA) is 105 Å². The quantitative estimate of drug-likeness (QED) is 0.226. The monoisotopic (exact) mass is 419 g/mol. The molecule has 0 aromatic carbocycles. The number of nitrogens with one attached hydrogen (secondary N) is 1. The molecule has 0 aromatic heterocycles. The highest BCUT2D eigenvalue weighted by atomic mass is 16.5. The van der Waals surface area contributed by atoms with E-state index in [0.717, 1.165) is 51.4 Å². The summed E-state index contributed by atoms with van der Waals surface area (Å²) in [6, 6.07) is 0. The lowest BCUT2D eigenvalue weighted by Crippen LogP contribution is -2.25. The lowest BCUT2D eigenvalue weighted by Gasteiger charge is -2.15. The van der Waals surface area contributed by atoms with Crippen LogP contribution in [0.3, 0.4) is 0 Å². The van der Waals surface area contributed by atoms with Crippen molar-refractivity contribution in [3.8, 4) is 0 Å². The molecule has 0 saturated heterocycles. The van der Waals surface area contributed by atoms with Crippen LogP contribution in [0.2, 0.25) is 0 Å². The van der Waals surface area contributed by atoms with Crippen LogP contribution in [-0.2, 0) is 19.1 Å². The molecule has 0 aliphatic carbocycles. The molecule has 0 aliphatic heterocycles. The third-order valence-electron chi connectivity index (χ3n) is 4.82. The van der Waals surface area contributed by atoms with E-state index >= 15 is 0 Å². The van der Waals surface area contributed by atoms with Crippen LogP contribution in [0.5, 0.6) is 0 Å². The SMILES string of the molecule is CCCCC(CC)COCCNCCOCC(CC)CCCC.O=C(O)C(=O)O. The highest BCUT2D eigenvalue weighted by Crippen LogP contribution is 2.13. The number of hydrogen-bond donors (Lipinski definition) is 3. The first-order valence-corrected chi connectivity index (χ1v) is 11.2. The summed E-state index contributed by atoms with van der Waals surface area (Å²) in [6.45, 7) is 14.4. The summed E-state index contributed by atoms with van der Waals surface area (Å²) in [5, 5.41) is 18.2. The van der Waals surface area contributed by atoms with E-state index in [4.69, 9.17) is 29.3 Å².